The highest BCUT2D eigenvalue weighted by Gasteiger charge is 2.37. The van der Waals surface area contributed by atoms with Crippen molar-refractivity contribution in [3.63, 3.8) is 0 Å². The maximum Gasteiger partial charge on any atom is 0.0510 e. The highest BCUT2D eigenvalue weighted by Crippen LogP contribution is 2.46. The van der Waals surface area contributed by atoms with Crippen LogP contribution in [0.2, 0.25) is 0 Å². The van der Waals surface area contributed by atoms with Crippen molar-refractivity contribution >= 4 is 0 Å². The van der Waals surface area contributed by atoms with Gasteiger partial charge in [-0.05, 0) is 57.2 Å². The van der Waals surface area contributed by atoms with E-state index in [1.807, 2.05) is 0 Å². The van der Waals surface area contributed by atoms with Gasteiger partial charge in [-0.1, -0.05) is 19.8 Å². The first-order valence-corrected chi connectivity index (χ1v) is 8.85. The summed E-state index contributed by atoms with van der Waals surface area (Å²) in [6, 6.07) is 0.639. The Morgan fingerprint density at radius 1 is 1.20 bits per heavy atom. The molecule has 20 heavy (non-hydrogen) atoms. The zero-order valence-electron chi connectivity index (χ0n) is 13.2. The quantitative estimate of drug-likeness (QED) is 0.838. The molecule has 0 aromatic carbocycles. The second-order valence-corrected chi connectivity index (χ2v) is 7.30. The van der Waals surface area contributed by atoms with Crippen LogP contribution in [0.15, 0.2) is 0 Å². The Balaban J connectivity index is 1.49. The van der Waals surface area contributed by atoms with Gasteiger partial charge in [0, 0.05) is 25.1 Å². The molecular weight excluding hydrogens is 248 g/mol. The first-order valence-electron chi connectivity index (χ1n) is 8.85. The molecule has 3 aliphatic rings. The van der Waals surface area contributed by atoms with E-state index in [-0.39, 0.29) is 0 Å². The number of likely N-dealkylation sites (N-methyl/N-ethyl adjacent to an activating group) is 1. The fourth-order valence-electron chi connectivity index (χ4n) is 4.63. The van der Waals surface area contributed by atoms with Gasteiger partial charge in [0.1, 0.15) is 0 Å². The van der Waals surface area contributed by atoms with Crippen molar-refractivity contribution in [3.8, 4) is 0 Å². The van der Waals surface area contributed by atoms with Crippen molar-refractivity contribution in [1.29, 1.82) is 0 Å². The number of nitrogens with zero attached hydrogens (tertiary/aromatic N) is 1. The lowest BCUT2D eigenvalue weighted by Crippen LogP contribution is -2.49. The summed E-state index contributed by atoms with van der Waals surface area (Å²) in [6.07, 6.45) is 10.1. The predicted octanol–water partition coefficient (Wildman–Crippen LogP) is 2.66. The van der Waals surface area contributed by atoms with Gasteiger partial charge in [-0.25, -0.2) is 0 Å². The topological polar surface area (TPSA) is 24.5 Å². The van der Waals surface area contributed by atoms with E-state index in [1.54, 1.807) is 0 Å². The van der Waals surface area contributed by atoms with Gasteiger partial charge in [-0.3, -0.25) is 0 Å². The molecule has 2 aliphatic heterocycles. The third-order valence-electron chi connectivity index (χ3n) is 6.04. The van der Waals surface area contributed by atoms with E-state index in [1.165, 1.54) is 64.6 Å². The smallest absolute Gasteiger partial charge is 0.0510 e. The molecule has 1 N–H and O–H groups in total. The van der Waals surface area contributed by atoms with Crippen molar-refractivity contribution in [2.24, 2.45) is 11.3 Å². The molecular formula is C17H32N2O. The zero-order chi connectivity index (χ0) is 13.8. The van der Waals surface area contributed by atoms with E-state index in [4.69, 9.17) is 4.74 Å². The van der Waals surface area contributed by atoms with Crippen LogP contribution in [0.1, 0.15) is 51.9 Å². The highest BCUT2D eigenvalue weighted by molar-refractivity contribution is 4.91. The molecule has 0 bridgehead atoms. The van der Waals surface area contributed by atoms with Crippen molar-refractivity contribution in [2.75, 3.05) is 39.4 Å². The molecule has 2 atom stereocenters. The van der Waals surface area contributed by atoms with E-state index in [0.717, 1.165) is 31.1 Å². The number of piperidine rings is 1. The van der Waals surface area contributed by atoms with Crippen molar-refractivity contribution < 1.29 is 4.74 Å². The molecule has 0 aromatic rings. The average molecular weight is 280 g/mol. The number of hydrogen-bond acceptors (Lipinski definition) is 3. The lowest BCUT2D eigenvalue weighted by atomic mass is 9.77. The Labute approximate surface area is 124 Å². The fraction of sp³-hybridized carbons (Fsp3) is 1.00. The Hall–Kier alpha value is -0.120. The standard InChI is InChI=1S/C17H32N2O/c1-2-18-16(15-5-12-20-14-15)13-19-10-8-17(9-11-19)6-3-4-7-17/h15-16,18H,2-14H2,1H3. The minimum absolute atomic E-state index is 0.639. The molecule has 0 amide bonds. The van der Waals surface area contributed by atoms with E-state index < -0.39 is 0 Å². The van der Waals surface area contributed by atoms with Crippen LogP contribution >= 0.6 is 0 Å². The number of hydrogen-bond donors (Lipinski definition) is 1. The van der Waals surface area contributed by atoms with Gasteiger partial charge in [-0.15, -0.1) is 0 Å². The number of rotatable bonds is 5. The summed E-state index contributed by atoms with van der Waals surface area (Å²) in [5.41, 5.74) is 0.751. The maximum atomic E-state index is 5.59. The van der Waals surface area contributed by atoms with E-state index in [2.05, 4.69) is 17.1 Å². The lowest BCUT2D eigenvalue weighted by molar-refractivity contribution is 0.0904. The molecule has 0 aromatic heterocycles. The summed E-state index contributed by atoms with van der Waals surface area (Å²) >= 11 is 0. The van der Waals surface area contributed by atoms with Gasteiger partial charge in [0.2, 0.25) is 0 Å². The minimum Gasteiger partial charge on any atom is -0.381 e. The van der Waals surface area contributed by atoms with E-state index in [0.29, 0.717) is 6.04 Å². The van der Waals surface area contributed by atoms with Crippen molar-refractivity contribution in [2.45, 2.75) is 57.9 Å². The van der Waals surface area contributed by atoms with Gasteiger partial charge in [0.05, 0.1) is 6.61 Å². The van der Waals surface area contributed by atoms with Crippen LogP contribution in [0.3, 0.4) is 0 Å². The molecule has 116 valence electrons. The first-order chi connectivity index (χ1) is 9.81. The lowest BCUT2D eigenvalue weighted by Gasteiger charge is -2.41. The fourth-order valence-corrected chi connectivity index (χ4v) is 4.63. The second-order valence-electron chi connectivity index (χ2n) is 7.30. The molecule has 1 aliphatic carbocycles. The molecule has 3 heteroatoms. The summed E-state index contributed by atoms with van der Waals surface area (Å²) in [6.45, 7) is 9.14. The van der Waals surface area contributed by atoms with Gasteiger partial charge >= 0.3 is 0 Å². The third kappa shape index (κ3) is 3.37. The molecule has 1 spiro atoms. The minimum atomic E-state index is 0.639. The molecule has 3 fully saturated rings. The first kappa shape index (κ1) is 14.8. The summed E-state index contributed by atoms with van der Waals surface area (Å²) in [4.78, 5) is 2.72. The number of nitrogens with one attached hydrogen (secondary N) is 1. The summed E-state index contributed by atoms with van der Waals surface area (Å²) in [5.74, 6) is 0.734. The van der Waals surface area contributed by atoms with Crippen LogP contribution in [-0.2, 0) is 4.74 Å². The molecule has 3 nitrogen and oxygen atoms in total. The van der Waals surface area contributed by atoms with Gasteiger partial charge in [0.25, 0.3) is 0 Å². The van der Waals surface area contributed by atoms with Crippen LogP contribution in [0.4, 0.5) is 0 Å². The van der Waals surface area contributed by atoms with Crippen LogP contribution in [0, 0.1) is 11.3 Å². The number of likely N-dealkylation sites (tertiary alicyclic amines) is 1. The van der Waals surface area contributed by atoms with Gasteiger partial charge in [-0.2, -0.15) is 0 Å². The molecule has 0 radical (unpaired) electrons. The average Bonchev–Trinajstić information content (AvgIpc) is 3.13. The molecule has 2 saturated heterocycles. The Kier molecular flexibility index (Phi) is 5.00. The molecule has 2 heterocycles. The maximum absolute atomic E-state index is 5.59. The van der Waals surface area contributed by atoms with E-state index >= 15 is 0 Å². The predicted molar refractivity (Wildman–Crippen MR) is 83.0 cm³/mol. The molecule has 1 saturated carbocycles. The normalized spacial score (nSPS) is 31.9. The van der Waals surface area contributed by atoms with Crippen LogP contribution in [-0.4, -0.2) is 50.3 Å². The largest absolute Gasteiger partial charge is 0.381 e. The number of ether oxygens (including phenoxy) is 1. The van der Waals surface area contributed by atoms with Gasteiger partial charge < -0.3 is 15.0 Å². The van der Waals surface area contributed by atoms with Crippen molar-refractivity contribution in [1.82, 2.24) is 10.2 Å². The second kappa shape index (κ2) is 6.76. The van der Waals surface area contributed by atoms with E-state index in [9.17, 15) is 0 Å². The van der Waals surface area contributed by atoms with Gasteiger partial charge in [0.15, 0.2) is 0 Å². The SMILES string of the molecule is CCNC(CN1CCC2(CCCC2)CC1)C1CCOC1. The summed E-state index contributed by atoms with van der Waals surface area (Å²) in [5, 5.41) is 3.71. The Morgan fingerprint density at radius 2 is 1.95 bits per heavy atom. The summed E-state index contributed by atoms with van der Waals surface area (Å²) in [7, 11) is 0. The Bertz CT molecular complexity index is 285. The monoisotopic (exact) mass is 280 g/mol. The third-order valence-corrected chi connectivity index (χ3v) is 6.04. The Morgan fingerprint density at radius 3 is 2.55 bits per heavy atom. The zero-order valence-corrected chi connectivity index (χ0v) is 13.2. The summed E-state index contributed by atoms with van der Waals surface area (Å²) < 4.78 is 5.59. The van der Waals surface area contributed by atoms with Crippen LogP contribution in [0.25, 0.3) is 0 Å². The molecule has 3 rings (SSSR count). The highest BCUT2D eigenvalue weighted by atomic mass is 16.5. The van der Waals surface area contributed by atoms with Crippen LogP contribution in [0.5, 0.6) is 0 Å². The molecule has 2 unspecified atom stereocenters. The van der Waals surface area contributed by atoms with Crippen LogP contribution < -0.4 is 5.32 Å². The van der Waals surface area contributed by atoms with Crippen molar-refractivity contribution in [3.05, 3.63) is 0 Å².